The van der Waals surface area contributed by atoms with Gasteiger partial charge in [-0.15, -0.1) is 0 Å². The number of hydrogen-bond donors (Lipinski definition) is 0. The first-order valence-corrected chi connectivity index (χ1v) is 7.37. The zero-order valence-electron chi connectivity index (χ0n) is 13.2. The normalized spacial score (nSPS) is 11.8. The van der Waals surface area contributed by atoms with Crippen LogP contribution in [0, 0.1) is 37.9 Å². The Morgan fingerprint density at radius 3 is 2.32 bits per heavy atom. The number of benzene rings is 2. The molecule has 0 aromatic heterocycles. The van der Waals surface area contributed by atoms with Crippen LogP contribution < -0.4 is 4.74 Å². The Bertz CT molecular complexity index is 686. The molecule has 2 aromatic carbocycles. The molecule has 22 heavy (non-hydrogen) atoms. The van der Waals surface area contributed by atoms with Crippen molar-refractivity contribution in [3.8, 4) is 11.8 Å². The molecule has 0 fully saturated rings. The summed E-state index contributed by atoms with van der Waals surface area (Å²) in [6.45, 7) is 6.57. The molecular formula is C19H20FNO. The fourth-order valence-electron chi connectivity index (χ4n) is 2.43. The molecule has 0 N–H and O–H groups in total. The van der Waals surface area contributed by atoms with Gasteiger partial charge in [0.05, 0.1) is 18.6 Å². The summed E-state index contributed by atoms with van der Waals surface area (Å²) in [5, 5.41) is 9.30. The van der Waals surface area contributed by atoms with Crippen molar-refractivity contribution in [1.82, 2.24) is 0 Å². The number of rotatable bonds is 5. The molecule has 0 saturated heterocycles. The van der Waals surface area contributed by atoms with E-state index in [1.165, 1.54) is 17.7 Å². The van der Waals surface area contributed by atoms with Gasteiger partial charge in [0.25, 0.3) is 0 Å². The maximum Gasteiger partial charge on any atom is 0.125 e. The van der Waals surface area contributed by atoms with Gasteiger partial charge in [0, 0.05) is 6.42 Å². The highest BCUT2D eigenvalue weighted by atomic mass is 19.1. The molecule has 2 nitrogen and oxygen atoms in total. The molecule has 0 aliphatic rings. The number of nitrogens with zero attached hydrogens (tertiary/aromatic N) is 1. The first kappa shape index (κ1) is 16.0. The lowest BCUT2D eigenvalue weighted by Crippen LogP contribution is -2.06. The van der Waals surface area contributed by atoms with Crippen LogP contribution in [0.25, 0.3) is 0 Å². The highest BCUT2D eigenvalue weighted by Gasteiger charge is 2.12. The van der Waals surface area contributed by atoms with E-state index >= 15 is 0 Å². The minimum Gasteiger partial charge on any atom is -0.493 e. The fraction of sp³-hybridized carbons (Fsp3) is 0.316. The second-order valence-electron chi connectivity index (χ2n) is 5.52. The third-order valence-electron chi connectivity index (χ3n) is 3.95. The predicted molar refractivity (Wildman–Crippen MR) is 85.5 cm³/mol. The molecule has 0 radical (unpaired) electrons. The summed E-state index contributed by atoms with van der Waals surface area (Å²) in [6, 6.07) is 12.5. The lowest BCUT2D eigenvalue weighted by Gasteiger charge is -2.15. The molecule has 3 heteroatoms. The molecule has 0 aliphatic carbocycles. The summed E-state index contributed by atoms with van der Waals surface area (Å²) in [5.74, 6) is 0.324. The summed E-state index contributed by atoms with van der Waals surface area (Å²) < 4.78 is 18.8. The summed E-state index contributed by atoms with van der Waals surface area (Å²) in [7, 11) is 0. The predicted octanol–water partition coefficient (Wildman–Crippen LogP) is 4.83. The molecule has 2 rings (SSSR count). The largest absolute Gasteiger partial charge is 0.493 e. The van der Waals surface area contributed by atoms with Gasteiger partial charge in [-0.2, -0.15) is 5.26 Å². The summed E-state index contributed by atoms with van der Waals surface area (Å²) in [5.41, 5.74) is 4.25. The van der Waals surface area contributed by atoms with Gasteiger partial charge in [-0.1, -0.05) is 24.3 Å². The zero-order valence-corrected chi connectivity index (χ0v) is 13.2. The SMILES string of the molecule is Cc1ccc(C)c(OCCC(C#N)c2ccc(F)cc2)c1C. The standard InChI is InChI=1S/C19H20FNO/c1-13-4-5-14(2)19(15(13)3)22-11-10-17(12-21)16-6-8-18(20)9-7-16/h4-9,17H,10-11H2,1-3H3. The molecule has 0 saturated carbocycles. The number of ether oxygens (including phenoxy) is 1. The molecule has 0 heterocycles. The minimum atomic E-state index is -0.289. The Balaban J connectivity index is 2.02. The van der Waals surface area contributed by atoms with E-state index in [0.29, 0.717) is 13.0 Å². The molecular weight excluding hydrogens is 277 g/mol. The lowest BCUT2D eigenvalue weighted by atomic mass is 9.97. The van der Waals surface area contributed by atoms with Crippen molar-refractivity contribution in [3.63, 3.8) is 0 Å². The minimum absolute atomic E-state index is 0.286. The zero-order chi connectivity index (χ0) is 16.1. The van der Waals surface area contributed by atoms with Crippen LogP contribution in [-0.4, -0.2) is 6.61 Å². The van der Waals surface area contributed by atoms with Crippen molar-refractivity contribution in [2.45, 2.75) is 33.1 Å². The van der Waals surface area contributed by atoms with Gasteiger partial charge in [-0.05, 0) is 55.2 Å². The van der Waals surface area contributed by atoms with Crippen molar-refractivity contribution >= 4 is 0 Å². The molecule has 0 aliphatic heterocycles. The molecule has 0 amide bonds. The maximum absolute atomic E-state index is 12.9. The van der Waals surface area contributed by atoms with Gasteiger partial charge in [-0.25, -0.2) is 4.39 Å². The van der Waals surface area contributed by atoms with Crippen LogP contribution in [0.4, 0.5) is 4.39 Å². The quantitative estimate of drug-likeness (QED) is 0.792. The fourth-order valence-corrected chi connectivity index (χ4v) is 2.43. The number of halogens is 1. The average Bonchev–Trinajstić information content (AvgIpc) is 2.52. The molecule has 114 valence electrons. The monoisotopic (exact) mass is 297 g/mol. The van der Waals surface area contributed by atoms with E-state index in [-0.39, 0.29) is 11.7 Å². The number of nitriles is 1. The van der Waals surface area contributed by atoms with Crippen molar-refractivity contribution in [2.75, 3.05) is 6.61 Å². The van der Waals surface area contributed by atoms with Gasteiger partial charge >= 0.3 is 0 Å². The van der Waals surface area contributed by atoms with E-state index in [1.807, 2.05) is 19.9 Å². The number of aryl methyl sites for hydroxylation is 2. The van der Waals surface area contributed by atoms with Crippen LogP contribution in [-0.2, 0) is 0 Å². The van der Waals surface area contributed by atoms with Gasteiger partial charge in [-0.3, -0.25) is 0 Å². The number of hydrogen-bond acceptors (Lipinski definition) is 2. The molecule has 0 spiro atoms. The second kappa shape index (κ2) is 7.09. The van der Waals surface area contributed by atoms with Crippen LogP contribution in [0.5, 0.6) is 5.75 Å². The Morgan fingerprint density at radius 1 is 1.05 bits per heavy atom. The Morgan fingerprint density at radius 2 is 1.68 bits per heavy atom. The first-order chi connectivity index (χ1) is 10.5. The third-order valence-corrected chi connectivity index (χ3v) is 3.95. The van der Waals surface area contributed by atoms with Crippen molar-refractivity contribution in [3.05, 3.63) is 64.5 Å². The van der Waals surface area contributed by atoms with Crippen LogP contribution in [0.15, 0.2) is 36.4 Å². The Hall–Kier alpha value is -2.34. The summed E-state index contributed by atoms with van der Waals surface area (Å²) >= 11 is 0. The first-order valence-electron chi connectivity index (χ1n) is 7.37. The van der Waals surface area contributed by atoms with E-state index < -0.39 is 0 Å². The topological polar surface area (TPSA) is 33.0 Å². The van der Waals surface area contributed by atoms with Crippen LogP contribution in [0.2, 0.25) is 0 Å². The van der Waals surface area contributed by atoms with Gasteiger partial charge in [0.2, 0.25) is 0 Å². The van der Waals surface area contributed by atoms with E-state index in [9.17, 15) is 9.65 Å². The van der Waals surface area contributed by atoms with E-state index in [0.717, 1.165) is 22.4 Å². The average molecular weight is 297 g/mol. The Labute approximate surface area is 131 Å². The maximum atomic E-state index is 12.9. The molecule has 1 unspecified atom stereocenters. The van der Waals surface area contributed by atoms with Gasteiger partial charge in [0.1, 0.15) is 11.6 Å². The third kappa shape index (κ3) is 3.65. The summed E-state index contributed by atoms with van der Waals surface area (Å²) in [6.07, 6.45) is 0.578. The lowest BCUT2D eigenvalue weighted by molar-refractivity contribution is 0.302. The van der Waals surface area contributed by atoms with Gasteiger partial charge < -0.3 is 4.74 Å². The smallest absolute Gasteiger partial charge is 0.125 e. The van der Waals surface area contributed by atoms with Crippen LogP contribution >= 0.6 is 0 Å². The molecule has 1 atom stereocenters. The van der Waals surface area contributed by atoms with Crippen LogP contribution in [0.1, 0.15) is 34.6 Å². The highest BCUT2D eigenvalue weighted by Crippen LogP contribution is 2.27. The van der Waals surface area contributed by atoms with Gasteiger partial charge in [0.15, 0.2) is 0 Å². The van der Waals surface area contributed by atoms with E-state index in [4.69, 9.17) is 4.74 Å². The second-order valence-corrected chi connectivity index (χ2v) is 5.52. The van der Waals surface area contributed by atoms with Crippen molar-refractivity contribution in [1.29, 1.82) is 5.26 Å². The van der Waals surface area contributed by atoms with Crippen molar-refractivity contribution < 1.29 is 9.13 Å². The van der Waals surface area contributed by atoms with Crippen molar-refractivity contribution in [2.24, 2.45) is 0 Å². The van der Waals surface area contributed by atoms with Crippen LogP contribution in [0.3, 0.4) is 0 Å². The molecule has 2 aromatic rings. The highest BCUT2D eigenvalue weighted by molar-refractivity contribution is 5.44. The Kier molecular flexibility index (Phi) is 5.16. The van der Waals surface area contributed by atoms with E-state index in [2.05, 4.69) is 19.1 Å². The van der Waals surface area contributed by atoms with E-state index in [1.54, 1.807) is 12.1 Å². The summed E-state index contributed by atoms with van der Waals surface area (Å²) in [4.78, 5) is 0. The molecule has 0 bridgehead atoms.